The summed E-state index contributed by atoms with van der Waals surface area (Å²) in [6.07, 6.45) is -3.26. The van der Waals surface area contributed by atoms with Crippen molar-refractivity contribution >= 4 is 23.1 Å². The molecule has 0 radical (unpaired) electrons. The zero-order chi connectivity index (χ0) is 19.4. The number of hydrogen-bond acceptors (Lipinski definition) is 4. The lowest BCUT2D eigenvalue weighted by Gasteiger charge is -2.17. The molecular formula is C19H15F3N4O. The summed E-state index contributed by atoms with van der Waals surface area (Å²) in [5.41, 5.74) is 0.235. The lowest BCUT2D eigenvalue weighted by Crippen LogP contribution is -2.27. The number of carbonyl (C=O) groups excluding carboxylic acids is 1. The molecule has 0 fully saturated rings. The second-order valence-corrected chi connectivity index (χ2v) is 5.69. The van der Waals surface area contributed by atoms with Gasteiger partial charge in [-0.15, -0.1) is 0 Å². The Labute approximate surface area is 153 Å². The summed E-state index contributed by atoms with van der Waals surface area (Å²) in [7, 11) is 1.61. The van der Waals surface area contributed by atoms with Gasteiger partial charge in [0.1, 0.15) is 17.8 Å². The smallest absolute Gasteiger partial charge is 0.340 e. The lowest BCUT2D eigenvalue weighted by molar-refractivity contribution is -0.137. The number of anilines is 3. The molecule has 3 aromatic rings. The van der Waals surface area contributed by atoms with Gasteiger partial charge in [-0.05, 0) is 30.3 Å². The molecule has 0 aliphatic rings. The van der Waals surface area contributed by atoms with E-state index in [1.165, 1.54) is 29.4 Å². The molecule has 3 rings (SSSR count). The van der Waals surface area contributed by atoms with Crippen molar-refractivity contribution in [3.8, 4) is 0 Å². The third kappa shape index (κ3) is 4.41. The van der Waals surface area contributed by atoms with Crippen LogP contribution in [0.5, 0.6) is 0 Å². The summed E-state index contributed by atoms with van der Waals surface area (Å²) in [6.45, 7) is 0. The first-order chi connectivity index (χ1) is 12.8. The monoisotopic (exact) mass is 372 g/mol. The summed E-state index contributed by atoms with van der Waals surface area (Å²) in [4.78, 5) is 22.0. The maximum Gasteiger partial charge on any atom is 0.416 e. The highest BCUT2D eigenvalue weighted by Crippen LogP contribution is 2.31. The van der Waals surface area contributed by atoms with Crippen LogP contribution in [0.3, 0.4) is 0 Å². The van der Waals surface area contributed by atoms with Crippen molar-refractivity contribution in [3.05, 3.63) is 78.2 Å². The molecule has 0 bridgehead atoms. The van der Waals surface area contributed by atoms with Crippen LogP contribution in [0, 0.1) is 0 Å². The Hall–Kier alpha value is -3.42. The zero-order valence-electron chi connectivity index (χ0n) is 14.2. The average molecular weight is 372 g/mol. The Balaban J connectivity index is 1.81. The van der Waals surface area contributed by atoms with E-state index in [2.05, 4.69) is 15.3 Å². The number of benzene rings is 2. The molecule has 0 spiro atoms. The molecule has 0 atom stereocenters. The maximum absolute atomic E-state index is 12.8. The van der Waals surface area contributed by atoms with Gasteiger partial charge in [-0.1, -0.05) is 24.3 Å². The number of carbonyl (C=O) groups is 1. The third-order valence-electron chi connectivity index (χ3n) is 3.80. The second-order valence-electron chi connectivity index (χ2n) is 5.69. The standard InChI is InChI=1S/C19H15F3N4O/c1-26(15-8-3-2-4-9-15)18(27)16-11-17(24-12-23-16)25-14-7-5-6-13(10-14)19(20,21)22/h2-12H,1H3,(H,23,24,25). The highest BCUT2D eigenvalue weighted by molar-refractivity contribution is 6.04. The fourth-order valence-electron chi connectivity index (χ4n) is 2.40. The summed E-state index contributed by atoms with van der Waals surface area (Å²) in [5, 5.41) is 2.77. The van der Waals surface area contributed by atoms with Gasteiger partial charge in [-0.2, -0.15) is 13.2 Å². The quantitative estimate of drug-likeness (QED) is 0.732. The Kier molecular flexibility index (Phi) is 5.07. The summed E-state index contributed by atoms with van der Waals surface area (Å²) < 4.78 is 38.5. The molecule has 0 saturated carbocycles. The van der Waals surface area contributed by atoms with Gasteiger partial charge >= 0.3 is 6.18 Å². The fraction of sp³-hybridized carbons (Fsp3) is 0.105. The number of para-hydroxylation sites is 1. The van der Waals surface area contributed by atoms with Crippen LogP contribution in [0.4, 0.5) is 30.4 Å². The minimum absolute atomic E-state index is 0.117. The molecule has 27 heavy (non-hydrogen) atoms. The number of nitrogens with zero attached hydrogens (tertiary/aromatic N) is 3. The van der Waals surface area contributed by atoms with Gasteiger partial charge in [-0.3, -0.25) is 4.79 Å². The van der Waals surface area contributed by atoms with Crippen LogP contribution in [-0.2, 0) is 6.18 Å². The molecule has 5 nitrogen and oxygen atoms in total. The van der Waals surface area contributed by atoms with Gasteiger partial charge in [0.2, 0.25) is 0 Å². The minimum Gasteiger partial charge on any atom is -0.340 e. The first-order valence-corrected chi connectivity index (χ1v) is 7.94. The molecule has 1 heterocycles. The highest BCUT2D eigenvalue weighted by atomic mass is 19.4. The van der Waals surface area contributed by atoms with E-state index in [0.717, 1.165) is 12.1 Å². The van der Waals surface area contributed by atoms with E-state index >= 15 is 0 Å². The Morgan fingerprint density at radius 3 is 2.44 bits per heavy atom. The third-order valence-corrected chi connectivity index (χ3v) is 3.80. The number of nitrogens with one attached hydrogen (secondary N) is 1. The summed E-state index contributed by atoms with van der Waals surface area (Å²) >= 11 is 0. The highest BCUT2D eigenvalue weighted by Gasteiger charge is 2.30. The van der Waals surface area contributed by atoms with Crippen molar-refractivity contribution in [1.29, 1.82) is 0 Å². The summed E-state index contributed by atoms with van der Waals surface area (Å²) in [6, 6.07) is 15.1. The van der Waals surface area contributed by atoms with Crippen LogP contribution < -0.4 is 10.2 Å². The first kappa shape index (κ1) is 18.4. The maximum atomic E-state index is 12.8. The number of amides is 1. The second kappa shape index (κ2) is 7.45. The molecule has 2 aromatic carbocycles. The van der Waals surface area contributed by atoms with Crippen molar-refractivity contribution < 1.29 is 18.0 Å². The van der Waals surface area contributed by atoms with Gasteiger partial charge in [0, 0.05) is 24.5 Å². The van der Waals surface area contributed by atoms with Gasteiger partial charge in [0.05, 0.1) is 5.56 Å². The van der Waals surface area contributed by atoms with Gasteiger partial charge < -0.3 is 10.2 Å². The van der Waals surface area contributed by atoms with Gasteiger partial charge in [0.25, 0.3) is 5.91 Å². The van der Waals surface area contributed by atoms with Crippen molar-refractivity contribution in [1.82, 2.24) is 9.97 Å². The van der Waals surface area contributed by atoms with Crippen molar-refractivity contribution in [2.75, 3.05) is 17.3 Å². The molecule has 1 amide bonds. The van der Waals surface area contributed by atoms with Gasteiger partial charge in [0.15, 0.2) is 0 Å². The largest absolute Gasteiger partial charge is 0.416 e. The van der Waals surface area contributed by atoms with Gasteiger partial charge in [-0.25, -0.2) is 9.97 Å². The zero-order valence-corrected chi connectivity index (χ0v) is 14.2. The van der Waals surface area contributed by atoms with E-state index in [4.69, 9.17) is 0 Å². The van der Waals surface area contributed by atoms with Crippen LogP contribution in [0.25, 0.3) is 0 Å². The Bertz CT molecular complexity index is 945. The number of aromatic nitrogens is 2. The predicted octanol–water partition coefficient (Wildman–Crippen LogP) is 4.52. The Morgan fingerprint density at radius 2 is 1.74 bits per heavy atom. The normalized spacial score (nSPS) is 11.1. The predicted molar refractivity (Wildman–Crippen MR) is 95.9 cm³/mol. The summed E-state index contributed by atoms with van der Waals surface area (Å²) in [5.74, 6) is -0.148. The number of rotatable bonds is 4. The van der Waals surface area contributed by atoms with E-state index in [0.29, 0.717) is 5.69 Å². The van der Waals surface area contributed by atoms with Crippen LogP contribution in [0.15, 0.2) is 67.0 Å². The minimum atomic E-state index is -4.44. The lowest BCUT2D eigenvalue weighted by atomic mass is 10.2. The molecule has 0 unspecified atom stereocenters. The van der Waals surface area contributed by atoms with E-state index in [9.17, 15) is 18.0 Å². The van der Waals surface area contributed by atoms with E-state index in [-0.39, 0.29) is 23.1 Å². The Morgan fingerprint density at radius 1 is 1.00 bits per heavy atom. The van der Waals surface area contributed by atoms with Crippen molar-refractivity contribution in [3.63, 3.8) is 0 Å². The fourth-order valence-corrected chi connectivity index (χ4v) is 2.40. The molecule has 0 aliphatic heterocycles. The topological polar surface area (TPSA) is 58.1 Å². The molecule has 0 saturated heterocycles. The molecule has 8 heteroatoms. The molecular weight excluding hydrogens is 357 g/mol. The van der Waals surface area contributed by atoms with E-state index in [1.807, 2.05) is 6.07 Å². The van der Waals surface area contributed by atoms with Crippen LogP contribution >= 0.6 is 0 Å². The van der Waals surface area contributed by atoms with E-state index < -0.39 is 11.7 Å². The van der Waals surface area contributed by atoms with Crippen molar-refractivity contribution in [2.45, 2.75) is 6.18 Å². The SMILES string of the molecule is CN(C(=O)c1cc(Nc2cccc(C(F)(F)F)c2)ncn1)c1ccccc1. The number of halogens is 3. The van der Waals surface area contributed by atoms with Crippen molar-refractivity contribution in [2.24, 2.45) is 0 Å². The first-order valence-electron chi connectivity index (χ1n) is 7.94. The molecule has 1 N–H and O–H groups in total. The van der Waals surface area contributed by atoms with Crippen LogP contribution in [0.1, 0.15) is 16.1 Å². The van der Waals surface area contributed by atoms with Crippen LogP contribution in [-0.4, -0.2) is 22.9 Å². The van der Waals surface area contributed by atoms with Crippen LogP contribution in [0.2, 0.25) is 0 Å². The average Bonchev–Trinajstić information content (AvgIpc) is 2.67. The molecule has 1 aromatic heterocycles. The molecule has 0 aliphatic carbocycles. The number of hydrogen-bond donors (Lipinski definition) is 1. The van der Waals surface area contributed by atoms with E-state index in [1.54, 1.807) is 31.3 Å². The molecule has 138 valence electrons. The number of alkyl halides is 3.